The van der Waals surface area contributed by atoms with Gasteiger partial charge in [-0.15, -0.1) is 0 Å². The summed E-state index contributed by atoms with van der Waals surface area (Å²) < 4.78 is 28.3. The highest BCUT2D eigenvalue weighted by Gasteiger charge is 2.43. The Hall–Kier alpha value is -1.19. The predicted octanol–water partition coefficient (Wildman–Crippen LogP) is -1.99. The summed E-state index contributed by atoms with van der Waals surface area (Å²) in [5.74, 6) is -3.26. The van der Waals surface area contributed by atoms with Crippen molar-refractivity contribution in [3.63, 3.8) is 0 Å². The Morgan fingerprint density at radius 1 is 1.47 bits per heavy atom. The molecule has 1 aliphatic rings. The van der Waals surface area contributed by atoms with E-state index in [0.717, 1.165) is 7.11 Å². The summed E-state index contributed by atoms with van der Waals surface area (Å²) in [6.45, 7) is -0.323. The zero-order chi connectivity index (χ0) is 13.2. The minimum absolute atomic E-state index is 0.185. The zero-order valence-corrected chi connectivity index (χ0v) is 9.88. The van der Waals surface area contributed by atoms with E-state index in [1.54, 1.807) is 0 Å². The monoisotopic (exact) mass is 267 g/mol. The number of ether oxygens (including phenoxy) is 1. The molecule has 0 aliphatic carbocycles. The number of methoxy groups -OCH3 is 1. The molecule has 1 aliphatic heterocycles. The van der Waals surface area contributed by atoms with Gasteiger partial charge >= 0.3 is 11.9 Å². The smallest absolute Gasteiger partial charge is 0.322 e. The van der Waals surface area contributed by atoms with Crippen LogP contribution in [0.4, 0.5) is 0 Å². The fourth-order valence-corrected chi connectivity index (χ4v) is 3.15. The van der Waals surface area contributed by atoms with Crippen LogP contribution in [0.3, 0.4) is 0 Å². The second-order valence-electron chi connectivity index (χ2n) is 3.65. The number of hydrogen-bond acceptors (Lipinski definition) is 6. The van der Waals surface area contributed by atoms with E-state index >= 15 is 0 Å². The number of esters is 1. The third kappa shape index (κ3) is 3.14. The maximum Gasteiger partial charge on any atom is 0.322 e. The van der Waals surface area contributed by atoms with Crippen LogP contribution < -0.4 is 0 Å². The van der Waals surface area contributed by atoms with Gasteiger partial charge in [-0.2, -0.15) is 4.31 Å². The summed E-state index contributed by atoms with van der Waals surface area (Å²) in [6.07, 6.45) is -1.22. The third-order valence-electron chi connectivity index (χ3n) is 2.40. The highest BCUT2D eigenvalue weighted by molar-refractivity contribution is 7.89. The van der Waals surface area contributed by atoms with E-state index in [9.17, 15) is 23.1 Å². The summed E-state index contributed by atoms with van der Waals surface area (Å²) in [6, 6.07) is -1.33. The summed E-state index contributed by atoms with van der Waals surface area (Å²) in [4.78, 5) is 21.7. The van der Waals surface area contributed by atoms with Crippen molar-refractivity contribution in [3.8, 4) is 0 Å². The number of aliphatic hydroxyl groups is 1. The molecule has 0 bridgehead atoms. The highest BCUT2D eigenvalue weighted by atomic mass is 32.2. The van der Waals surface area contributed by atoms with Gasteiger partial charge in [0.2, 0.25) is 10.0 Å². The van der Waals surface area contributed by atoms with Gasteiger partial charge in [0, 0.05) is 13.0 Å². The number of rotatable bonds is 4. The maximum absolute atomic E-state index is 11.7. The van der Waals surface area contributed by atoms with E-state index in [1.807, 2.05) is 0 Å². The first-order valence-corrected chi connectivity index (χ1v) is 6.36. The van der Waals surface area contributed by atoms with Crippen molar-refractivity contribution in [2.24, 2.45) is 0 Å². The minimum atomic E-state index is -4.08. The molecule has 0 saturated carbocycles. The Bertz CT molecular complexity index is 418. The number of hydrogen-bond donors (Lipinski definition) is 2. The van der Waals surface area contributed by atoms with E-state index in [-0.39, 0.29) is 13.0 Å². The van der Waals surface area contributed by atoms with Gasteiger partial charge in [-0.05, 0) is 0 Å². The molecule has 1 rings (SSSR count). The summed E-state index contributed by atoms with van der Waals surface area (Å²) in [7, 11) is -3.05. The first-order chi connectivity index (χ1) is 7.77. The Kier molecular flexibility index (Phi) is 4.07. The molecule has 98 valence electrons. The van der Waals surface area contributed by atoms with Crippen LogP contribution >= 0.6 is 0 Å². The first-order valence-electron chi connectivity index (χ1n) is 4.75. The quantitative estimate of drug-likeness (QED) is 0.565. The van der Waals surface area contributed by atoms with Gasteiger partial charge in [-0.3, -0.25) is 9.59 Å². The number of nitrogens with zero attached hydrogens (tertiary/aromatic N) is 1. The van der Waals surface area contributed by atoms with Crippen LogP contribution in [0.5, 0.6) is 0 Å². The molecule has 0 aromatic heterocycles. The molecule has 1 heterocycles. The molecular weight excluding hydrogens is 254 g/mol. The minimum Gasteiger partial charge on any atom is -0.480 e. The fourth-order valence-electron chi connectivity index (χ4n) is 1.61. The first kappa shape index (κ1) is 13.9. The lowest BCUT2D eigenvalue weighted by Crippen LogP contribution is -2.43. The van der Waals surface area contributed by atoms with Crippen molar-refractivity contribution in [1.29, 1.82) is 0 Å². The maximum atomic E-state index is 11.7. The molecule has 0 amide bonds. The molecule has 1 fully saturated rings. The van der Waals surface area contributed by atoms with Crippen molar-refractivity contribution in [3.05, 3.63) is 0 Å². The number of carbonyl (C=O) groups excluding carboxylic acids is 1. The molecule has 0 aromatic carbocycles. The van der Waals surface area contributed by atoms with Gasteiger partial charge in [0.25, 0.3) is 0 Å². The van der Waals surface area contributed by atoms with Crippen molar-refractivity contribution in [2.75, 3.05) is 19.4 Å². The van der Waals surface area contributed by atoms with Gasteiger partial charge < -0.3 is 14.9 Å². The van der Waals surface area contributed by atoms with Crippen molar-refractivity contribution >= 4 is 22.0 Å². The molecular formula is C8H13NO7S. The Morgan fingerprint density at radius 2 is 2.06 bits per heavy atom. The predicted molar refractivity (Wildman–Crippen MR) is 54.6 cm³/mol. The Morgan fingerprint density at radius 3 is 2.53 bits per heavy atom. The van der Waals surface area contributed by atoms with Gasteiger partial charge in [0.15, 0.2) is 5.75 Å². The standard InChI is InChI=1S/C8H13NO7S/c1-16-7(11)4-17(14,15)9-3-5(10)2-6(9)8(12)13/h5-6,10H,2-4H2,1H3,(H,12,13)/t5-,6-/m1/s1. The van der Waals surface area contributed by atoms with Crippen LogP contribution in [-0.4, -0.2) is 66.4 Å². The van der Waals surface area contributed by atoms with Crippen LogP contribution in [0.25, 0.3) is 0 Å². The third-order valence-corrected chi connectivity index (χ3v) is 4.12. The molecule has 2 atom stereocenters. The number of carboxylic acid groups (broad SMARTS) is 1. The van der Waals surface area contributed by atoms with Crippen LogP contribution in [-0.2, 0) is 24.3 Å². The van der Waals surface area contributed by atoms with Crippen LogP contribution in [0.15, 0.2) is 0 Å². The van der Waals surface area contributed by atoms with Gasteiger partial charge in [-0.25, -0.2) is 8.42 Å². The number of carboxylic acids is 1. The van der Waals surface area contributed by atoms with Crippen LogP contribution in [0.2, 0.25) is 0 Å². The van der Waals surface area contributed by atoms with E-state index in [0.29, 0.717) is 4.31 Å². The number of sulfonamides is 1. The largest absolute Gasteiger partial charge is 0.480 e. The number of aliphatic carboxylic acids is 1. The lowest BCUT2D eigenvalue weighted by Gasteiger charge is -2.19. The number of aliphatic hydroxyl groups excluding tert-OH is 1. The molecule has 0 spiro atoms. The van der Waals surface area contributed by atoms with E-state index in [1.165, 1.54) is 0 Å². The van der Waals surface area contributed by atoms with Gasteiger partial charge in [-0.1, -0.05) is 0 Å². The molecule has 2 N–H and O–H groups in total. The molecule has 17 heavy (non-hydrogen) atoms. The van der Waals surface area contributed by atoms with Gasteiger partial charge in [0.05, 0.1) is 13.2 Å². The van der Waals surface area contributed by atoms with Crippen LogP contribution in [0, 0.1) is 0 Å². The Labute approximate surface area is 97.8 Å². The number of carbonyl (C=O) groups is 2. The molecule has 9 heteroatoms. The average Bonchev–Trinajstić information content (AvgIpc) is 2.60. The Balaban J connectivity index is 2.90. The second-order valence-corrected chi connectivity index (χ2v) is 5.57. The van der Waals surface area contributed by atoms with Crippen molar-refractivity contribution < 1.29 is 33.0 Å². The molecule has 8 nitrogen and oxygen atoms in total. The SMILES string of the molecule is COC(=O)CS(=O)(=O)N1C[C@H](O)C[C@@H]1C(=O)O. The van der Waals surface area contributed by atoms with Crippen LogP contribution in [0.1, 0.15) is 6.42 Å². The van der Waals surface area contributed by atoms with Crippen molar-refractivity contribution in [1.82, 2.24) is 4.31 Å². The highest BCUT2D eigenvalue weighted by Crippen LogP contribution is 2.22. The second kappa shape index (κ2) is 4.98. The average molecular weight is 267 g/mol. The normalized spacial score (nSPS) is 25.8. The van der Waals surface area contributed by atoms with E-state index in [4.69, 9.17) is 5.11 Å². The molecule has 0 radical (unpaired) electrons. The summed E-state index contributed by atoms with van der Waals surface area (Å²) in [5, 5.41) is 18.1. The lowest BCUT2D eigenvalue weighted by molar-refractivity contribution is -0.141. The van der Waals surface area contributed by atoms with Gasteiger partial charge in [0.1, 0.15) is 6.04 Å². The zero-order valence-electron chi connectivity index (χ0n) is 9.07. The molecule has 1 saturated heterocycles. The lowest BCUT2D eigenvalue weighted by atomic mass is 10.2. The topological polar surface area (TPSA) is 121 Å². The summed E-state index contributed by atoms with van der Waals surface area (Å²) in [5.41, 5.74) is 0. The van der Waals surface area contributed by atoms with Crippen molar-refractivity contribution in [2.45, 2.75) is 18.6 Å². The van der Waals surface area contributed by atoms with E-state index < -0.39 is 39.9 Å². The molecule has 0 aromatic rings. The van der Waals surface area contributed by atoms with E-state index in [2.05, 4.69) is 4.74 Å². The summed E-state index contributed by atoms with van der Waals surface area (Å²) >= 11 is 0. The fraction of sp³-hybridized carbons (Fsp3) is 0.750. The number of β-amino-alcohol motifs (C(OH)–C–C–N with tert-alkyl or cyclic N) is 1. The molecule has 0 unspecified atom stereocenters.